The van der Waals surface area contributed by atoms with Gasteiger partial charge in [-0.2, -0.15) is 0 Å². The molecule has 4 N–H and O–H groups in total. The number of hydrogen-bond acceptors (Lipinski definition) is 4. The molecule has 24 heavy (non-hydrogen) atoms. The van der Waals surface area contributed by atoms with Gasteiger partial charge in [0.1, 0.15) is 17.0 Å². The first-order valence-electron chi connectivity index (χ1n) is 7.29. The predicted molar refractivity (Wildman–Crippen MR) is 93.0 cm³/mol. The van der Waals surface area contributed by atoms with Crippen LogP contribution in [0.25, 0.3) is 27.5 Å². The van der Waals surface area contributed by atoms with Crippen LogP contribution in [-0.4, -0.2) is 21.9 Å². The van der Waals surface area contributed by atoms with Crippen LogP contribution in [0.3, 0.4) is 0 Å². The number of nitrogens with two attached hydrogens (primary N) is 1. The van der Waals surface area contributed by atoms with Crippen LogP contribution in [0, 0.1) is 0 Å². The molecule has 0 aliphatic carbocycles. The molecule has 0 spiro atoms. The van der Waals surface area contributed by atoms with Crippen molar-refractivity contribution in [3.05, 3.63) is 63.0 Å². The van der Waals surface area contributed by atoms with Crippen molar-refractivity contribution in [1.82, 2.24) is 14.8 Å². The van der Waals surface area contributed by atoms with Crippen LogP contribution in [0.4, 0.5) is 5.82 Å². The van der Waals surface area contributed by atoms with E-state index in [0.717, 1.165) is 11.1 Å². The maximum absolute atomic E-state index is 12.4. The highest BCUT2D eigenvalue weighted by atomic mass is 16.5. The number of aromatic nitrogens is 3. The molecule has 0 aliphatic rings. The highest BCUT2D eigenvalue weighted by molar-refractivity contribution is 6.06. The van der Waals surface area contributed by atoms with E-state index in [9.17, 15) is 9.59 Å². The Hall–Kier alpha value is -3.48. The number of H-pyrrole nitrogens is 2. The van der Waals surface area contributed by atoms with Crippen molar-refractivity contribution in [1.29, 1.82) is 0 Å². The highest BCUT2D eigenvalue weighted by Gasteiger charge is 2.15. The minimum atomic E-state index is -0.349. The average Bonchev–Trinajstić information content (AvgIpc) is 2.93. The second-order valence-corrected chi connectivity index (χ2v) is 5.45. The molecule has 0 saturated carbocycles. The van der Waals surface area contributed by atoms with E-state index in [4.69, 9.17) is 10.5 Å². The van der Waals surface area contributed by atoms with Crippen molar-refractivity contribution < 1.29 is 4.74 Å². The molecule has 0 radical (unpaired) electrons. The first kappa shape index (κ1) is 14.1. The Morgan fingerprint density at radius 2 is 1.96 bits per heavy atom. The van der Waals surface area contributed by atoms with Crippen molar-refractivity contribution in [3.63, 3.8) is 0 Å². The van der Waals surface area contributed by atoms with Gasteiger partial charge < -0.3 is 15.5 Å². The third-order valence-electron chi connectivity index (χ3n) is 4.02. The quantitative estimate of drug-likeness (QED) is 0.523. The molecule has 2 heterocycles. The lowest BCUT2D eigenvalue weighted by Gasteiger charge is -2.07. The van der Waals surface area contributed by atoms with Crippen LogP contribution >= 0.6 is 0 Å². The SMILES string of the molecule is COc1cccc(-n2[nH]c3c(c2N)c(=O)[nH]c2cc(=O)ccc23)c1. The van der Waals surface area contributed by atoms with Gasteiger partial charge in [-0.25, -0.2) is 4.68 Å². The van der Waals surface area contributed by atoms with Crippen LogP contribution in [0.5, 0.6) is 5.75 Å². The number of methoxy groups -OCH3 is 1. The monoisotopic (exact) mass is 322 g/mol. The second kappa shape index (κ2) is 5.02. The summed E-state index contributed by atoms with van der Waals surface area (Å²) < 4.78 is 6.84. The summed E-state index contributed by atoms with van der Waals surface area (Å²) >= 11 is 0. The zero-order chi connectivity index (χ0) is 16.8. The smallest absolute Gasteiger partial charge is 0.261 e. The topological polar surface area (TPSA) is 106 Å². The molecule has 4 aromatic rings. The molecule has 4 rings (SSSR count). The van der Waals surface area contributed by atoms with Gasteiger partial charge in [0.2, 0.25) is 0 Å². The maximum atomic E-state index is 12.4. The largest absolute Gasteiger partial charge is 0.497 e. The summed E-state index contributed by atoms with van der Waals surface area (Å²) in [7, 11) is 1.58. The Morgan fingerprint density at radius 1 is 1.12 bits per heavy atom. The van der Waals surface area contributed by atoms with E-state index < -0.39 is 0 Å². The van der Waals surface area contributed by atoms with E-state index in [2.05, 4.69) is 10.1 Å². The number of nitrogens with one attached hydrogen (secondary N) is 2. The summed E-state index contributed by atoms with van der Waals surface area (Å²) in [6.45, 7) is 0. The molecule has 0 aliphatic heterocycles. The van der Waals surface area contributed by atoms with Crippen molar-refractivity contribution in [2.24, 2.45) is 0 Å². The molecule has 120 valence electrons. The lowest BCUT2D eigenvalue weighted by Crippen LogP contribution is -2.09. The van der Waals surface area contributed by atoms with Gasteiger partial charge in [-0.3, -0.25) is 14.7 Å². The van der Waals surface area contributed by atoms with E-state index in [1.807, 2.05) is 18.2 Å². The molecule has 0 atom stereocenters. The third-order valence-corrected chi connectivity index (χ3v) is 4.02. The van der Waals surface area contributed by atoms with Gasteiger partial charge in [0, 0.05) is 17.5 Å². The van der Waals surface area contributed by atoms with Crippen LogP contribution in [0.15, 0.2) is 52.1 Å². The molecular formula is C17H14N4O3. The van der Waals surface area contributed by atoms with Crippen LogP contribution in [0.2, 0.25) is 0 Å². The number of benzene rings is 2. The van der Waals surface area contributed by atoms with Gasteiger partial charge in [-0.05, 0) is 24.3 Å². The van der Waals surface area contributed by atoms with E-state index in [1.165, 1.54) is 12.1 Å². The molecule has 0 saturated heterocycles. The van der Waals surface area contributed by atoms with Crippen LogP contribution in [0.1, 0.15) is 0 Å². The minimum Gasteiger partial charge on any atom is -0.497 e. The lowest BCUT2D eigenvalue weighted by molar-refractivity contribution is 0.414. The molecule has 2 aromatic carbocycles. The molecular weight excluding hydrogens is 308 g/mol. The first-order chi connectivity index (χ1) is 11.6. The van der Waals surface area contributed by atoms with E-state index in [0.29, 0.717) is 22.2 Å². The van der Waals surface area contributed by atoms with Crippen molar-refractivity contribution >= 4 is 27.6 Å². The zero-order valence-electron chi connectivity index (χ0n) is 12.8. The maximum Gasteiger partial charge on any atom is 0.261 e. The number of rotatable bonds is 2. The number of fused-ring (bicyclic) bond motifs is 3. The number of nitrogens with zero attached hydrogens (tertiary/aromatic N) is 1. The van der Waals surface area contributed by atoms with Crippen LogP contribution in [-0.2, 0) is 0 Å². The summed E-state index contributed by atoms with van der Waals surface area (Å²) in [6.07, 6.45) is 0. The fourth-order valence-electron chi connectivity index (χ4n) is 2.88. The number of aromatic amines is 2. The van der Waals surface area contributed by atoms with Gasteiger partial charge in [-0.1, -0.05) is 6.07 Å². The zero-order valence-corrected chi connectivity index (χ0v) is 12.8. The second-order valence-electron chi connectivity index (χ2n) is 5.45. The molecule has 2 aromatic heterocycles. The molecule has 0 unspecified atom stereocenters. The number of nitrogen functional groups attached to an aromatic ring is 1. The van der Waals surface area contributed by atoms with Gasteiger partial charge in [0.05, 0.1) is 23.8 Å². The lowest BCUT2D eigenvalue weighted by atomic mass is 10.1. The van der Waals surface area contributed by atoms with Crippen molar-refractivity contribution in [2.75, 3.05) is 12.8 Å². The summed E-state index contributed by atoms with van der Waals surface area (Å²) in [4.78, 5) is 26.6. The molecule has 7 nitrogen and oxygen atoms in total. The van der Waals surface area contributed by atoms with Crippen LogP contribution < -0.4 is 21.5 Å². The Labute approximate surface area is 135 Å². The van der Waals surface area contributed by atoms with Gasteiger partial charge in [0.25, 0.3) is 5.56 Å². The molecule has 7 heteroatoms. The summed E-state index contributed by atoms with van der Waals surface area (Å²) in [5.41, 5.74) is 7.46. The Morgan fingerprint density at radius 3 is 2.75 bits per heavy atom. The molecule has 0 bridgehead atoms. The third kappa shape index (κ3) is 1.98. The number of ether oxygens (including phenoxy) is 1. The number of anilines is 1. The summed E-state index contributed by atoms with van der Waals surface area (Å²) in [6, 6.07) is 11.8. The van der Waals surface area contributed by atoms with Gasteiger partial charge >= 0.3 is 0 Å². The average molecular weight is 322 g/mol. The molecule has 0 amide bonds. The van der Waals surface area contributed by atoms with Crippen molar-refractivity contribution in [2.45, 2.75) is 0 Å². The first-order valence-corrected chi connectivity index (χ1v) is 7.29. The normalized spacial score (nSPS) is 11.2. The fraction of sp³-hybridized carbons (Fsp3) is 0.0588. The van der Waals surface area contributed by atoms with E-state index in [-0.39, 0.29) is 16.8 Å². The summed E-state index contributed by atoms with van der Waals surface area (Å²) in [5, 5.41) is 4.22. The Kier molecular flexibility index (Phi) is 2.96. The number of pyridine rings is 1. The van der Waals surface area contributed by atoms with E-state index >= 15 is 0 Å². The van der Waals surface area contributed by atoms with Crippen molar-refractivity contribution in [3.8, 4) is 11.4 Å². The minimum absolute atomic E-state index is 0.169. The molecule has 0 fully saturated rings. The summed E-state index contributed by atoms with van der Waals surface area (Å²) in [5.74, 6) is 0.959. The number of hydrogen-bond donors (Lipinski definition) is 3. The Bertz CT molecular complexity index is 1200. The van der Waals surface area contributed by atoms with Gasteiger partial charge in [0.15, 0.2) is 5.43 Å². The fourth-order valence-corrected chi connectivity index (χ4v) is 2.88. The standard InChI is InChI=1S/C17H14N4O3/c1-24-11-4-2-3-9(7-11)21-16(18)14-15(20-21)12-6-5-10(22)8-13(12)19-17(14)23/h2-8,20H,18H2,1H3,(H,19,23). The van der Waals surface area contributed by atoms with E-state index in [1.54, 1.807) is 23.9 Å². The Balaban J connectivity index is 2.10. The predicted octanol–water partition coefficient (Wildman–Crippen LogP) is 1.75. The highest BCUT2D eigenvalue weighted by Crippen LogP contribution is 2.27. The van der Waals surface area contributed by atoms with Gasteiger partial charge in [-0.15, -0.1) is 0 Å².